The molecule has 2 nitrogen and oxygen atoms in total. The minimum absolute atomic E-state index is 0.578. The van der Waals surface area contributed by atoms with E-state index in [4.69, 9.17) is 11.6 Å². The van der Waals surface area contributed by atoms with E-state index in [1.807, 2.05) is 0 Å². The summed E-state index contributed by atoms with van der Waals surface area (Å²) in [7, 11) is 0. The predicted molar refractivity (Wildman–Crippen MR) is 58.9 cm³/mol. The van der Waals surface area contributed by atoms with Crippen LogP contribution in [0.3, 0.4) is 0 Å². The Kier molecular flexibility index (Phi) is 2.82. The highest BCUT2D eigenvalue weighted by molar-refractivity contribution is 6.30. The van der Waals surface area contributed by atoms with Gasteiger partial charge in [-0.2, -0.15) is 0 Å². The predicted octanol–water partition coefficient (Wildman–Crippen LogP) is 3.39. The fraction of sp³-hybridized carbons (Fsp3) is 0.727. The topological polar surface area (TPSA) is 17.8 Å². The van der Waals surface area contributed by atoms with E-state index >= 15 is 0 Å². The smallest absolute Gasteiger partial charge is 0.150 e. The van der Waals surface area contributed by atoms with Crippen LogP contribution in [0.1, 0.15) is 50.5 Å². The number of nitrogens with zero attached hydrogens (tertiary/aromatic N) is 2. The molecule has 1 unspecified atom stereocenters. The lowest BCUT2D eigenvalue weighted by molar-refractivity contribution is 0.462. The van der Waals surface area contributed by atoms with Crippen molar-refractivity contribution in [3.05, 3.63) is 16.7 Å². The summed E-state index contributed by atoms with van der Waals surface area (Å²) in [6.45, 7) is 5.53. The zero-order valence-electron chi connectivity index (χ0n) is 8.89. The number of aromatic nitrogens is 2. The second-order valence-electron chi connectivity index (χ2n) is 4.15. The first-order chi connectivity index (χ1) is 6.74. The van der Waals surface area contributed by atoms with E-state index in [9.17, 15) is 0 Å². The number of fused-ring (bicyclic) bond motifs is 1. The van der Waals surface area contributed by atoms with Crippen molar-refractivity contribution in [2.75, 3.05) is 0 Å². The van der Waals surface area contributed by atoms with Crippen molar-refractivity contribution in [1.82, 2.24) is 9.55 Å². The fourth-order valence-corrected chi connectivity index (χ4v) is 2.69. The van der Waals surface area contributed by atoms with Gasteiger partial charge in [-0.1, -0.05) is 25.4 Å². The van der Waals surface area contributed by atoms with Crippen LogP contribution in [0, 0.1) is 0 Å². The summed E-state index contributed by atoms with van der Waals surface area (Å²) in [5.41, 5.74) is 1.27. The maximum atomic E-state index is 6.16. The van der Waals surface area contributed by atoms with Crippen LogP contribution in [-0.4, -0.2) is 9.55 Å². The number of rotatable bonds is 2. The molecule has 0 N–H and O–H groups in total. The first kappa shape index (κ1) is 10.0. The summed E-state index contributed by atoms with van der Waals surface area (Å²) < 4.78 is 2.33. The van der Waals surface area contributed by atoms with Gasteiger partial charge in [-0.25, -0.2) is 4.98 Å². The largest absolute Gasteiger partial charge is 0.330 e. The molecule has 1 atom stereocenters. The average molecular weight is 213 g/mol. The van der Waals surface area contributed by atoms with Gasteiger partial charge in [0.25, 0.3) is 0 Å². The molecule has 0 aromatic carbocycles. The minimum Gasteiger partial charge on any atom is -0.330 e. The van der Waals surface area contributed by atoms with Crippen molar-refractivity contribution >= 4 is 11.6 Å². The van der Waals surface area contributed by atoms with Crippen molar-refractivity contribution < 1.29 is 0 Å². The second-order valence-corrected chi connectivity index (χ2v) is 4.51. The molecule has 0 radical (unpaired) electrons. The first-order valence-corrected chi connectivity index (χ1v) is 5.86. The molecule has 1 aliphatic heterocycles. The van der Waals surface area contributed by atoms with Gasteiger partial charge in [0.05, 0.1) is 5.69 Å². The maximum absolute atomic E-state index is 6.16. The average Bonchev–Trinajstić information content (AvgIpc) is 2.46. The van der Waals surface area contributed by atoms with Gasteiger partial charge in [0.15, 0.2) is 5.15 Å². The van der Waals surface area contributed by atoms with E-state index < -0.39 is 0 Å². The summed E-state index contributed by atoms with van der Waals surface area (Å²) in [6.07, 6.45) is 4.70. The summed E-state index contributed by atoms with van der Waals surface area (Å²) in [6, 6.07) is 0. The second kappa shape index (κ2) is 3.93. The molecule has 0 bridgehead atoms. The molecule has 0 saturated carbocycles. The van der Waals surface area contributed by atoms with E-state index in [-0.39, 0.29) is 0 Å². The lowest BCUT2D eigenvalue weighted by atomic mass is 9.98. The molecule has 0 fully saturated rings. The van der Waals surface area contributed by atoms with Crippen molar-refractivity contribution in [3.63, 3.8) is 0 Å². The van der Waals surface area contributed by atoms with Crippen LogP contribution < -0.4 is 0 Å². The standard InChI is InChI=1S/C11H17ClN2/c1-3-5-9-13-11(12)10-8(2)6-4-7-14(9)10/h8H,3-7H2,1-2H3. The third-order valence-electron chi connectivity index (χ3n) is 3.00. The zero-order chi connectivity index (χ0) is 10.1. The maximum Gasteiger partial charge on any atom is 0.150 e. The summed E-state index contributed by atoms with van der Waals surface area (Å²) in [5, 5.41) is 0.737. The van der Waals surface area contributed by atoms with Crippen LogP contribution in [0.4, 0.5) is 0 Å². The molecule has 0 amide bonds. The molecule has 1 aromatic heterocycles. The lowest BCUT2D eigenvalue weighted by Gasteiger charge is -2.22. The molecule has 2 rings (SSSR count). The fourth-order valence-electron chi connectivity index (χ4n) is 2.31. The van der Waals surface area contributed by atoms with Crippen LogP contribution in [0.5, 0.6) is 0 Å². The number of halogens is 1. The third-order valence-corrected chi connectivity index (χ3v) is 3.28. The van der Waals surface area contributed by atoms with E-state index in [2.05, 4.69) is 23.4 Å². The molecule has 1 aliphatic rings. The minimum atomic E-state index is 0.578. The van der Waals surface area contributed by atoms with Crippen LogP contribution in [0.25, 0.3) is 0 Å². The first-order valence-electron chi connectivity index (χ1n) is 5.48. The number of hydrogen-bond acceptors (Lipinski definition) is 1. The van der Waals surface area contributed by atoms with E-state index in [0.29, 0.717) is 5.92 Å². The molecule has 78 valence electrons. The highest BCUT2D eigenvalue weighted by Crippen LogP contribution is 2.33. The Bertz CT molecular complexity index is 330. The van der Waals surface area contributed by atoms with Crippen LogP contribution in [0.2, 0.25) is 5.15 Å². The quantitative estimate of drug-likeness (QED) is 0.735. The SMILES string of the molecule is CCCc1nc(Cl)c2n1CCCC2C. The third kappa shape index (κ3) is 1.56. The van der Waals surface area contributed by atoms with Crippen molar-refractivity contribution in [1.29, 1.82) is 0 Å². The summed E-state index contributed by atoms with van der Waals surface area (Å²) in [5.74, 6) is 1.76. The van der Waals surface area contributed by atoms with Crippen LogP contribution >= 0.6 is 11.6 Å². The Balaban J connectivity index is 2.41. The van der Waals surface area contributed by atoms with Gasteiger partial charge in [-0.3, -0.25) is 0 Å². The summed E-state index contributed by atoms with van der Waals surface area (Å²) >= 11 is 6.16. The normalized spacial score (nSPS) is 20.9. The molecular formula is C11H17ClN2. The number of imidazole rings is 1. The molecule has 3 heteroatoms. The lowest BCUT2D eigenvalue weighted by Crippen LogP contribution is -2.15. The molecular weight excluding hydrogens is 196 g/mol. The van der Waals surface area contributed by atoms with Gasteiger partial charge in [0.2, 0.25) is 0 Å². The Morgan fingerprint density at radius 2 is 2.36 bits per heavy atom. The van der Waals surface area contributed by atoms with Crippen LogP contribution in [0.15, 0.2) is 0 Å². The van der Waals surface area contributed by atoms with Crippen molar-refractivity contribution in [2.24, 2.45) is 0 Å². The Morgan fingerprint density at radius 1 is 1.57 bits per heavy atom. The highest BCUT2D eigenvalue weighted by atomic mass is 35.5. The number of aryl methyl sites for hydroxylation is 1. The Labute approximate surface area is 90.3 Å². The van der Waals surface area contributed by atoms with Gasteiger partial charge in [-0.15, -0.1) is 0 Å². The van der Waals surface area contributed by atoms with Gasteiger partial charge in [0.1, 0.15) is 5.82 Å². The van der Waals surface area contributed by atoms with Gasteiger partial charge < -0.3 is 4.57 Å². The Hall–Kier alpha value is -0.500. The molecule has 0 saturated heterocycles. The molecule has 2 heterocycles. The Morgan fingerprint density at radius 3 is 3.07 bits per heavy atom. The van der Waals surface area contributed by atoms with Crippen molar-refractivity contribution in [2.45, 2.75) is 52.0 Å². The highest BCUT2D eigenvalue weighted by Gasteiger charge is 2.23. The molecule has 1 aromatic rings. The van der Waals surface area contributed by atoms with Crippen molar-refractivity contribution in [3.8, 4) is 0 Å². The molecule has 0 spiro atoms. The molecule has 0 aliphatic carbocycles. The zero-order valence-corrected chi connectivity index (χ0v) is 9.64. The monoisotopic (exact) mass is 212 g/mol. The van der Waals surface area contributed by atoms with E-state index in [0.717, 1.165) is 24.5 Å². The van der Waals surface area contributed by atoms with Gasteiger partial charge >= 0.3 is 0 Å². The van der Waals surface area contributed by atoms with E-state index in [1.54, 1.807) is 0 Å². The molecule has 14 heavy (non-hydrogen) atoms. The summed E-state index contributed by atoms with van der Waals surface area (Å²) in [4.78, 5) is 4.46. The van der Waals surface area contributed by atoms with Gasteiger partial charge in [0, 0.05) is 13.0 Å². The van der Waals surface area contributed by atoms with Crippen LogP contribution in [-0.2, 0) is 13.0 Å². The number of hydrogen-bond donors (Lipinski definition) is 0. The van der Waals surface area contributed by atoms with E-state index in [1.165, 1.54) is 24.4 Å². The van der Waals surface area contributed by atoms with Gasteiger partial charge in [-0.05, 0) is 25.2 Å².